The molecule has 1 aliphatic heterocycles. The number of carbonyl (C=O) groups is 2. The predicted molar refractivity (Wildman–Crippen MR) is 79.4 cm³/mol. The van der Waals surface area contributed by atoms with Crippen molar-refractivity contribution in [3.8, 4) is 0 Å². The summed E-state index contributed by atoms with van der Waals surface area (Å²) in [4.78, 5) is 24.0. The number of likely N-dealkylation sites (tertiary alicyclic amines) is 1. The number of halogens is 1. The number of carboxylic acids is 1. The highest BCUT2D eigenvalue weighted by molar-refractivity contribution is 7.89. The Morgan fingerprint density at radius 3 is 2.50 bits per heavy atom. The summed E-state index contributed by atoms with van der Waals surface area (Å²) < 4.78 is 26.5. The molecule has 9 heteroatoms. The first-order valence-electron chi connectivity index (χ1n) is 6.61. The molecule has 1 saturated heterocycles. The average molecular weight is 347 g/mol. The molecule has 2 N–H and O–H groups in total. The Balaban J connectivity index is 2.14. The summed E-state index contributed by atoms with van der Waals surface area (Å²) in [5.41, 5.74) is -0.198. The zero-order chi connectivity index (χ0) is 16.3. The molecule has 0 aromatic heterocycles. The summed E-state index contributed by atoms with van der Waals surface area (Å²) in [5.74, 6) is -1.58. The van der Waals surface area contributed by atoms with Crippen LogP contribution in [0, 0.1) is 0 Å². The average Bonchev–Trinajstić information content (AvgIpc) is 2.99. The summed E-state index contributed by atoms with van der Waals surface area (Å²) in [5, 5.41) is 8.80. The molecule has 2 rings (SSSR count). The first-order chi connectivity index (χ1) is 10.3. The minimum atomic E-state index is -4.06. The summed E-state index contributed by atoms with van der Waals surface area (Å²) in [6.07, 6.45) is 1.82. The van der Waals surface area contributed by atoms with Crippen LogP contribution in [0.3, 0.4) is 0 Å². The number of hydrogen-bond acceptors (Lipinski definition) is 4. The molecule has 0 aliphatic carbocycles. The van der Waals surface area contributed by atoms with E-state index in [2.05, 4.69) is 4.72 Å². The quantitative estimate of drug-likeness (QED) is 0.825. The van der Waals surface area contributed by atoms with E-state index in [1.807, 2.05) is 0 Å². The van der Waals surface area contributed by atoms with Crippen LogP contribution in [-0.2, 0) is 14.8 Å². The van der Waals surface area contributed by atoms with Crippen molar-refractivity contribution in [1.82, 2.24) is 9.62 Å². The number of rotatable bonds is 5. The number of benzene rings is 1. The van der Waals surface area contributed by atoms with Gasteiger partial charge in [0.05, 0.1) is 17.1 Å². The van der Waals surface area contributed by atoms with E-state index in [0.717, 1.165) is 18.9 Å². The molecule has 0 unspecified atom stereocenters. The molecule has 1 amide bonds. The summed E-state index contributed by atoms with van der Waals surface area (Å²) in [7, 11) is -4.06. The van der Waals surface area contributed by atoms with Gasteiger partial charge in [-0.15, -0.1) is 0 Å². The number of carbonyl (C=O) groups excluding carboxylic acids is 1. The lowest BCUT2D eigenvalue weighted by atomic mass is 10.2. The zero-order valence-corrected chi connectivity index (χ0v) is 13.2. The summed E-state index contributed by atoms with van der Waals surface area (Å²) in [6.45, 7) is 0.863. The molecule has 120 valence electrons. The molecular weight excluding hydrogens is 332 g/mol. The van der Waals surface area contributed by atoms with Gasteiger partial charge in [0.25, 0.3) is 0 Å². The number of amides is 1. The number of nitrogens with one attached hydrogen (secondary N) is 1. The molecule has 1 aromatic rings. The molecule has 0 spiro atoms. The molecule has 0 atom stereocenters. The second-order valence-electron chi connectivity index (χ2n) is 4.86. The highest BCUT2D eigenvalue weighted by Gasteiger charge is 2.23. The molecule has 1 fully saturated rings. The number of sulfonamides is 1. The summed E-state index contributed by atoms with van der Waals surface area (Å²) in [6, 6.07) is 3.37. The van der Waals surface area contributed by atoms with Crippen LogP contribution in [0.1, 0.15) is 23.2 Å². The van der Waals surface area contributed by atoms with Gasteiger partial charge in [0.15, 0.2) is 0 Å². The van der Waals surface area contributed by atoms with E-state index in [1.54, 1.807) is 4.90 Å². The largest absolute Gasteiger partial charge is 0.478 e. The van der Waals surface area contributed by atoms with Gasteiger partial charge in [-0.1, -0.05) is 11.6 Å². The molecule has 0 bridgehead atoms. The van der Waals surface area contributed by atoms with Crippen LogP contribution >= 0.6 is 11.6 Å². The van der Waals surface area contributed by atoms with Gasteiger partial charge in [0.2, 0.25) is 15.9 Å². The predicted octanol–water partition coefficient (Wildman–Crippen LogP) is 0.939. The van der Waals surface area contributed by atoms with Gasteiger partial charge in [-0.2, -0.15) is 0 Å². The zero-order valence-electron chi connectivity index (χ0n) is 11.6. The van der Waals surface area contributed by atoms with E-state index < -0.39 is 16.0 Å². The minimum absolute atomic E-state index is 0.105. The third kappa shape index (κ3) is 3.76. The Bertz CT molecular complexity index is 698. The highest BCUT2D eigenvalue weighted by atomic mass is 35.5. The molecule has 22 heavy (non-hydrogen) atoms. The third-order valence-corrected chi connectivity index (χ3v) is 5.22. The lowest BCUT2D eigenvalue weighted by Gasteiger charge is -2.16. The van der Waals surface area contributed by atoms with E-state index in [4.69, 9.17) is 16.7 Å². The van der Waals surface area contributed by atoms with E-state index in [-0.39, 0.29) is 27.9 Å². The number of hydrogen-bond donors (Lipinski definition) is 2. The van der Waals surface area contributed by atoms with Crippen molar-refractivity contribution in [3.05, 3.63) is 28.8 Å². The maximum atomic E-state index is 12.2. The fraction of sp³-hybridized carbons (Fsp3) is 0.385. The normalized spacial score (nSPS) is 15.0. The minimum Gasteiger partial charge on any atom is -0.478 e. The monoisotopic (exact) mass is 346 g/mol. The van der Waals surface area contributed by atoms with Crippen LogP contribution in [-0.4, -0.2) is 49.9 Å². The summed E-state index contributed by atoms with van der Waals surface area (Å²) >= 11 is 5.82. The Morgan fingerprint density at radius 1 is 1.27 bits per heavy atom. The van der Waals surface area contributed by atoms with Crippen molar-refractivity contribution in [1.29, 1.82) is 0 Å². The second kappa shape index (κ2) is 6.64. The molecule has 1 aliphatic rings. The lowest BCUT2D eigenvalue weighted by molar-refractivity contribution is -0.128. The van der Waals surface area contributed by atoms with Gasteiger partial charge in [-0.05, 0) is 31.0 Å². The van der Waals surface area contributed by atoms with E-state index >= 15 is 0 Å². The first-order valence-corrected chi connectivity index (χ1v) is 8.47. The van der Waals surface area contributed by atoms with Crippen molar-refractivity contribution < 1.29 is 23.1 Å². The van der Waals surface area contributed by atoms with Gasteiger partial charge in [-0.3, -0.25) is 4.79 Å². The van der Waals surface area contributed by atoms with Crippen LogP contribution in [0.15, 0.2) is 23.1 Å². The van der Waals surface area contributed by atoms with Crippen molar-refractivity contribution in [2.75, 3.05) is 19.6 Å². The molecule has 7 nitrogen and oxygen atoms in total. The second-order valence-corrected chi connectivity index (χ2v) is 7.01. The molecular formula is C13H15ClN2O5S. The Morgan fingerprint density at radius 2 is 1.91 bits per heavy atom. The number of carboxylic acid groups (broad SMARTS) is 1. The van der Waals surface area contributed by atoms with Gasteiger partial charge in [0.1, 0.15) is 4.90 Å². The van der Waals surface area contributed by atoms with Gasteiger partial charge < -0.3 is 10.0 Å². The standard InChI is InChI=1S/C13H15ClN2O5S/c14-10-4-3-9(13(18)19)7-11(10)22(20,21)15-8-12(17)16-5-1-2-6-16/h3-4,7,15H,1-2,5-6,8H2,(H,18,19). The van der Waals surface area contributed by atoms with E-state index in [0.29, 0.717) is 13.1 Å². The van der Waals surface area contributed by atoms with Crippen LogP contribution < -0.4 is 4.72 Å². The van der Waals surface area contributed by atoms with Gasteiger partial charge in [-0.25, -0.2) is 17.9 Å². The SMILES string of the molecule is O=C(O)c1ccc(Cl)c(S(=O)(=O)NCC(=O)N2CCCC2)c1. The van der Waals surface area contributed by atoms with Crippen molar-refractivity contribution in [2.24, 2.45) is 0 Å². The van der Waals surface area contributed by atoms with Crippen molar-refractivity contribution >= 4 is 33.5 Å². The van der Waals surface area contributed by atoms with Crippen LogP contribution in [0.2, 0.25) is 5.02 Å². The highest BCUT2D eigenvalue weighted by Crippen LogP contribution is 2.22. The van der Waals surface area contributed by atoms with Gasteiger partial charge in [0, 0.05) is 13.1 Å². The number of aromatic carboxylic acids is 1. The van der Waals surface area contributed by atoms with Gasteiger partial charge >= 0.3 is 5.97 Å². The van der Waals surface area contributed by atoms with Crippen LogP contribution in [0.4, 0.5) is 0 Å². The van der Waals surface area contributed by atoms with Crippen LogP contribution in [0.25, 0.3) is 0 Å². The molecule has 1 heterocycles. The Labute approximate surface area is 132 Å². The van der Waals surface area contributed by atoms with Crippen molar-refractivity contribution in [3.63, 3.8) is 0 Å². The van der Waals surface area contributed by atoms with Crippen molar-refractivity contribution in [2.45, 2.75) is 17.7 Å². The fourth-order valence-corrected chi connectivity index (χ4v) is 3.65. The number of nitrogens with zero attached hydrogens (tertiary/aromatic N) is 1. The fourth-order valence-electron chi connectivity index (χ4n) is 2.16. The smallest absolute Gasteiger partial charge is 0.335 e. The van der Waals surface area contributed by atoms with E-state index in [9.17, 15) is 18.0 Å². The Hall–Kier alpha value is -1.64. The lowest BCUT2D eigenvalue weighted by Crippen LogP contribution is -2.38. The topological polar surface area (TPSA) is 104 Å². The first kappa shape index (κ1) is 16.7. The third-order valence-electron chi connectivity index (χ3n) is 3.34. The molecule has 1 aromatic carbocycles. The van der Waals surface area contributed by atoms with E-state index in [1.165, 1.54) is 12.1 Å². The maximum Gasteiger partial charge on any atom is 0.335 e. The maximum absolute atomic E-state index is 12.2. The molecule has 0 radical (unpaired) electrons. The molecule has 0 saturated carbocycles. The Kier molecular flexibility index (Phi) is 5.05. The van der Waals surface area contributed by atoms with Crippen LogP contribution in [0.5, 0.6) is 0 Å².